The quantitative estimate of drug-likeness (QED) is 0.763. The summed E-state index contributed by atoms with van der Waals surface area (Å²) >= 11 is 0. The van der Waals surface area contributed by atoms with Gasteiger partial charge >= 0.3 is 0 Å². The van der Waals surface area contributed by atoms with Crippen LogP contribution in [0, 0.1) is 6.92 Å². The van der Waals surface area contributed by atoms with Gasteiger partial charge in [0.05, 0.1) is 23.1 Å². The van der Waals surface area contributed by atoms with Crippen LogP contribution in [0.2, 0.25) is 0 Å². The van der Waals surface area contributed by atoms with Crippen LogP contribution in [0.5, 0.6) is 0 Å². The summed E-state index contributed by atoms with van der Waals surface area (Å²) in [6, 6.07) is 9.33. The molecule has 0 saturated carbocycles. The van der Waals surface area contributed by atoms with Crippen molar-refractivity contribution in [1.82, 2.24) is 20.0 Å². The second-order valence-corrected chi connectivity index (χ2v) is 4.33. The molecule has 3 aromatic rings. The standard InChI is InChI=1S/C14H13N5O/c1-10-11(9-15-18-10)14(20)17-12-5-2-3-6-13(12)19-8-4-7-16-19/h2-9H,1H3,(H,15,18)(H,17,20). The molecule has 3 rings (SSSR count). The van der Waals surface area contributed by atoms with Crippen molar-refractivity contribution in [1.29, 1.82) is 0 Å². The maximum absolute atomic E-state index is 12.2. The maximum Gasteiger partial charge on any atom is 0.259 e. The number of rotatable bonds is 3. The number of nitrogens with one attached hydrogen (secondary N) is 2. The van der Waals surface area contributed by atoms with Crippen molar-refractivity contribution in [2.75, 3.05) is 5.32 Å². The molecule has 0 radical (unpaired) electrons. The predicted molar refractivity (Wildman–Crippen MR) is 74.8 cm³/mol. The van der Waals surface area contributed by atoms with Crippen LogP contribution in [-0.2, 0) is 0 Å². The van der Waals surface area contributed by atoms with Gasteiger partial charge in [0.25, 0.3) is 5.91 Å². The molecule has 0 spiro atoms. The lowest BCUT2D eigenvalue weighted by Gasteiger charge is -2.10. The summed E-state index contributed by atoms with van der Waals surface area (Å²) in [4.78, 5) is 12.2. The van der Waals surface area contributed by atoms with Crippen LogP contribution in [0.3, 0.4) is 0 Å². The smallest absolute Gasteiger partial charge is 0.259 e. The molecular weight excluding hydrogens is 254 g/mol. The van der Waals surface area contributed by atoms with Crippen molar-refractivity contribution >= 4 is 11.6 Å². The Morgan fingerprint density at radius 3 is 2.85 bits per heavy atom. The first-order chi connectivity index (χ1) is 9.75. The Morgan fingerprint density at radius 2 is 2.15 bits per heavy atom. The van der Waals surface area contributed by atoms with E-state index in [1.165, 1.54) is 6.20 Å². The molecule has 0 aliphatic rings. The number of aromatic nitrogens is 4. The van der Waals surface area contributed by atoms with E-state index < -0.39 is 0 Å². The van der Waals surface area contributed by atoms with Gasteiger partial charge in [0.15, 0.2) is 0 Å². The van der Waals surface area contributed by atoms with Gasteiger partial charge in [-0.05, 0) is 25.1 Å². The summed E-state index contributed by atoms with van der Waals surface area (Å²) in [7, 11) is 0. The van der Waals surface area contributed by atoms with Gasteiger partial charge in [-0.3, -0.25) is 9.89 Å². The monoisotopic (exact) mass is 267 g/mol. The lowest BCUT2D eigenvalue weighted by molar-refractivity contribution is 0.102. The molecular formula is C14H13N5O. The Morgan fingerprint density at radius 1 is 1.30 bits per heavy atom. The molecule has 6 nitrogen and oxygen atoms in total. The van der Waals surface area contributed by atoms with Gasteiger partial charge in [-0.2, -0.15) is 10.2 Å². The molecule has 0 fully saturated rings. The Labute approximate surface area is 115 Å². The van der Waals surface area contributed by atoms with Crippen LogP contribution in [-0.4, -0.2) is 25.9 Å². The van der Waals surface area contributed by atoms with E-state index in [4.69, 9.17) is 0 Å². The van der Waals surface area contributed by atoms with Crippen molar-refractivity contribution in [3.63, 3.8) is 0 Å². The molecule has 2 aromatic heterocycles. The predicted octanol–water partition coefficient (Wildman–Crippen LogP) is 2.16. The lowest BCUT2D eigenvalue weighted by atomic mass is 10.2. The zero-order valence-corrected chi connectivity index (χ0v) is 10.9. The molecule has 20 heavy (non-hydrogen) atoms. The number of carbonyl (C=O) groups is 1. The fourth-order valence-corrected chi connectivity index (χ4v) is 1.96. The number of amides is 1. The van der Waals surface area contributed by atoms with Crippen LogP contribution >= 0.6 is 0 Å². The van der Waals surface area contributed by atoms with E-state index in [2.05, 4.69) is 20.6 Å². The van der Waals surface area contributed by atoms with Gasteiger partial charge in [0.1, 0.15) is 0 Å². The van der Waals surface area contributed by atoms with E-state index in [1.54, 1.807) is 17.8 Å². The third-order valence-corrected chi connectivity index (χ3v) is 2.98. The number of benzene rings is 1. The van der Waals surface area contributed by atoms with Crippen molar-refractivity contribution in [2.24, 2.45) is 0 Å². The first-order valence-corrected chi connectivity index (χ1v) is 6.16. The Bertz CT molecular complexity index is 730. The largest absolute Gasteiger partial charge is 0.320 e. The first kappa shape index (κ1) is 12.2. The van der Waals surface area contributed by atoms with Crippen molar-refractivity contribution < 1.29 is 4.79 Å². The van der Waals surface area contributed by atoms with Crippen molar-refractivity contribution in [3.8, 4) is 5.69 Å². The normalized spacial score (nSPS) is 10.4. The second kappa shape index (κ2) is 5.00. The molecule has 6 heteroatoms. The minimum Gasteiger partial charge on any atom is -0.320 e. The van der Waals surface area contributed by atoms with E-state index >= 15 is 0 Å². The van der Waals surface area contributed by atoms with E-state index in [-0.39, 0.29) is 5.91 Å². The van der Waals surface area contributed by atoms with Gasteiger partial charge in [-0.1, -0.05) is 12.1 Å². The van der Waals surface area contributed by atoms with Gasteiger partial charge in [0, 0.05) is 18.1 Å². The fourth-order valence-electron chi connectivity index (χ4n) is 1.96. The van der Waals surface area contributed by atoms with Gasteiger partial charge in [-0.25, -0.2) is 4.68 Å². The zero-order valence-electron chi connectivity index (χ0n) is 10.9. The molecule has 2 heterocycles. The summed E-state index contributed by atoms with van der Waals surface area (Å²) < 4.78 is 1.71. The minimum atomic E-state index is -0.198. The molecule has 1 amide bonds. The average molecular weight is 267 g/mol. The summed E-state index contributed by atoms with van der Waals surface area (Å²) in [5, 5.41) is 13.7. The van der Waals surface area contributed by atoms with E-state index in [0.29, 0.717) is 11.3 Å². The highest BCUT2D eigenvalue weighted by molar-refractivity contribution is 6.05. The summed E-state index contributed by atoms with van der Waals surface area (Å²) in [6.45, 7) is 1.81. The third-order valence-electron chi connectivity index (χ3n) is 2.98. The molecule has 0 unspecified atom stereocenters. The topological polar surface area (TPSA) is 75.6 Å². The number of hydrogen-bond acceptors (Lipinski definition) is 3. The molecule has 100 valence electrons. The van der Waals surface area contributed by atoms with Crippen LogP contribution in [0.4, 0.5) is 5.69 Å². The minimum absolute atomic E-state index is 0.198. The summed E-state index contributed by atoms with van der Waals surface area (Å²) in [6.07, 6.45) is 5.04. The number of aromatic amines is 1. The highest BCUT2D eigenvalue weighted by Gasteiger charge is 2.13. The lowest BCUT2D eigenvalue weighted by Crippen LogP contribution is -2.14. The number of carbonyl (C=O) groups excluding carboxylic acids is 1. The molecule has 1 aromatic carbocycles. The Hall–Kier alpha value is -2.89. The van der Waals surface area contributed by atoms with Crippen LogP contribution < -0.4 is 5.32 Å². The van der Waals surface area contributed by atoms with Crippen LogP contribution in [0.25, 0.3) is 5.69 Å². The zero-order chi connectivity index (χ0) is 13.9. The van der Waals surface area contributed by atoms with Crippen LogP contribution in [0.15, 0.2) is 48.9 Å². The van der Waals surface area contributed by atoms with E-state index in [9.17, 15) is 4.79 Å². The van der Waals surface area contributed by atoms with Crippen molar-refractivity contribution in [3.05, 3.63) is 60.2 Å². The SMILES string of the molecule is Cc1[nH]ncc1C(=O)Nc1ccccc1-n1cccn1. The molecule has 0 aliphatic heterocycles. The van der Waals surface area contributed by atoms with Gasteiger partial charge < -0.3 is 5.32 Å². The van der Waals surface area contributed by atoms with Crippen molar-refractivity contribution in [2.45, 2.75) is 6.92 Å². The van der Waals surface area contributed by atoms with Crippen LogP contribution in [0.1, 0.15) is 16.1 Å². The Balaban J connectivity index is 1.92. The maximum atomic E-state index is 12.2. The van der Waals surface area contributed by atoms with E-state index in [1.807, 2.05) is 36.5 Å². The number of H-pyrrole nitrogens is 1. The third kappa shape index (κ3) is 2.18. The number of nitrogens with zero attached hydrogens (tertiary/aromatic N) is 3. The fraction of sp³-hybridized carbons (Fsp3) is 0.0714. The molecule has 0 aliphatic carbocycles. The summed E-state index contributed by atoms with van der Waals surface area (Å²) in [5.74, 6) is -0.198. The number of anilines is 1. The highest BCUT2D eigenvalue weighted by Crippen LogP contribution is 2.20. The number of aryl methyl sites for hydroxylation is 1. The summed E-state index contributed by atoms with van der Waals surface area (Å²) in [5.41, 5.74) is 2.77. The van der Waals surface area contributed by atoms with E-state index in [0.717, 1.165) is 11.4 Å². The first-order valence-electron chi connectivity index (χ1n) is 6.16. The molecule has 0 saturated heterocycles. The highest BCUT2D eigenvalue weighted by atomic mass is 16.1. The van der Waals surface area contributed by atoms with Gasteiger partial charge in [-0.15, -0.1) is 0 Å². The molecule has 2 N–H and O–H groups in total. The number of hydrogen-bond donors (Lipinski definition) is 2. The molecule has 0 atom stereocenters. The Kier molecular flexibility index (Phi) is 3.04. The second-order valence-electron chi connectivity index (χ2n) is 4.33. The molecule has 0 bridgehead atoms. The van der Waals surface area contributed by atoms with Gasteiger partial charge in [0.2, 0.25) is 0 Å². The number of para-hydroxylation sites is 2. The average Bonchev–Trinajstić information content (AvgIpc) is 3.10.